The molecule has 1 atom stereocenters. The van der Waals surface area contributed by atoms with Crippen LogP contribution < -0.4 is 0 Å². The second-order valence-corrected chi connectivity index (χ2v) is 4.18. The largest absolute Gasteiger partial charge is 0.238 e. The van der Waals surface area contributed by atoms with E-state index in [1.807, 2.05) is 23.6 Å². The third-order valence-corrected chi connectivity index (χ3v) is 3.16. The minimum Gasteiger partial charge on any atom is -0.238 e. The van der Waals surface area contributed by atoms with Gasteiger partial charge in [0.2, 0.25) is 0 Å². The number of hydrogen-bond donors (Lipinski definition) is 0. The molecule has 2 rings (SSSR count). The fraction of sp³-hybridized carbons (Fsp3) is 0.0769. The molecule has 0 spiro atoms. The molecule has 0 aliphatic heterocycles. The number of allylic oxidation sites excluding steroid dienone is 1. The van der Waals surface area contributed by atoms with Gasteiger partial charge in [0.25, 0.3) is 0 Å². The summed E-state index contributed by atoms with van der Waals surface area (Å²) in [5.74, 6) is 0. The second-order valence-electron chi connectivity index (χ2n) is 3.24. The van der Waals surface area contributed by atoms with Crippen molar-refractivity contribution in [2.24, 2.45) is 0 Å². The maximum Gasteiger partial charge on any atom is 0.143 e. The van der Waals surface area contributed by atoms with Crippen LogP contribution in [0.4, 0.5) is 4.39 Å². The van der Waals surface area contributed by atoms with Gasteiger partial charge in [-0.05, 0) is 22.6 Å². The van der Waals surface area contributed by atoms with Gasteiger partial charge in [-0.25, -0.2) is 4.39 Å². The van der Waals surface area contributed by atoms with Crippen molar-refractivity contribution in [2.45, 2.75) is 6.17 Å². The molecule has 1 aromatic heterocycles. The Morgan fingerprint density at radius 3 is 2.47 bits per heavy atom. The van der Waals surface area contributed by atoms with Crippen LogP contribution in [0.1, 0.15) is 11.7 Å². The minimum atomic E-state index is -1.07. The molecule has 1 unspecified atom stereocenters. The molecule has 2 aromatic rings. The summed E-state index contributed by atoms with van der Waals surface area (Å²) >= 11 is 1.68. The highest BCUT2D eigenvalue weighted by Crippen LogP contribution is 2.27. The first-order valence-electron chi connectivity index (χ1n) is 4.72. The Bertz CT molecular complexity index is 428. The van der Waals surface area contributed by atoms with Crippen LogP contribution in [0.5, 0.6) is 0 Å². The highest BCUT2D eigenvalue weighted by Gasteiger charge is 2.04. The van der Waals surface area contributed by atoms with E-state index in [1.54, 1.807) is 23.5 Å². The van der Waals surface area contributed by atoms with E-state index in [1.165, 1.54) is 11.0 Å². The third kappa shape index (κ3) is 2.16. The molecule has 15 heavy (non-hydrogen) atoms. The Kier molecular flexibility index (Phi) is 2.97. The molecule has 0 aliphatic carbocycles. The van der Waals surface area contributed by atoms with Crippen molar-refractivity contribution in [3.63, 3.8) is 0 Å². The molecule has 0 radical (unpaired) electrons. The van der Waals surface area contributed by atoms with Crippen molar-refractivity contribution < 1.29 is 4.39 Å². The normalized spacial score (nSPS) is 12.3. The topological polar surface area (TPSA) is 0 Å². The standard InChI is InChI=1S/C13H11FS/c1-2-12(14)10-5-7-11(8-6-10)13-4-3-9-15-13/h2-9,12H,1H2. The summed E-state index contributed by atoms with van der Waals surface area (Å²) < 4.78 is 13.2. The smallest absolute Gasteiger partial charge is 0.143 e. The van der Waals surface area contributed by atoms with Crippen LogP contribution in [0.3, 0.4) is 0 Å². The molecule has 76 valence electrons. The van der Waals surface area contributed by atoms with E-state index in [0.29, 0.717) is 5.56 Å². The zero-order chi connectivity index (χ0) is 10.7. The number of benzene rings is 1. The quantitative estimate of drug-likeness (QED) is 0.660. The third-order valence-electron chi connectivity index (χ3n) is 2.24. The summed E-state index contributed by atoms with van der Waals surface area (Å²) in [4.78, 5) is 1.20. The van der Waals surface area contributed by atoms with Gasteiger partial charge < -0.3 is 0 Å². The van der Waals surface area contributed by atoms with Crippen LogP contribution in [0.2, 0.25) is 0 Å². The molecule has 2 heteroatoms. The summed E-state index contributed by atoms with van der Waals surface area (Å²) in [6, 6.07) is 11.6. The molecule has 0 aliphatic rings. The minimum absolute atomic E-state index is 0.658. The molecule has 0 amide bonds. The van der Waals surface area contributed by atoms with Crippen molar-refractivity contribution in [3.8, 4) is 10.4 Å². The summed E-state index contributed by atoms with van der Waals surface area (Å²) in [5.41, 5.74) is 1.79. The van der Waals surface area contributed by atoms with Crippen LogP contribution >= 0.6 is 11.3 Å². The summed E-state index contributed by atoms with van der Waals surface area (Å²) in [7, 11) is 0. The molecule has 0 N–H and O–H groups in total. The predicted octanol–water partition coefficient (Wildman–Crippen LogP) is 4.61. The number of hydrogen-bond acceptors (Lipinski definition) is 1. The van der Waals surface area contributed by atoms with Crippen molar-refractivity contribution >= 4 is 11.3 Å². The van der Waals surface area contributed by atoms with E-state index in [4.69, 9.17) is 0 Å². The summed E-state index contributed by atoms with van der Waals surface area (Å²) in [6.07, 6.45) is 0.238. The van der Waals surface area contributed by atoms with Gasteiger partial charge in [-0.1, -0.05) is 43.0 Å². The van der Waals surface area contributed by atoms with Gasteiger partial charge in [-0.15, -0.1) is 11.3 Å². The molecule has 0 saturated heterocycles. The molecular weight excluding hydrogens is 207 g/mol. The summed E-state index contributed by atoms with van der Waals surface area (Å²) in [6.45, 7) is 3.44. The van der Waals surface area contributed by atoms with E-state index in [-0.39, 0.29) is 0 Å². The lowest BCUT2D eigenvalue weighted by atomic mass is 10.1. The van der Waals surface area contributed by atoms with Gasteiger partial charge in [-0.3, -0.25) is 0 Å². The van der Waals surface area contributed by atoms with Crippen LogP contribution in [0, 0.1) is 0 Å². The molecule has 0 saturated carbocycles. The average Bonchev–Trinajstić information content (AvgIpc) is 2.82. The fourth-order valence-corrected chi connectivity index (χ4v) is 2.14. The van der Waals surface area contributed by atoms with Crippen LogP contribution in [0.25, 0.3) is 10.4 Å². The van der Waals surface area contributed by atoms with Crippen molar-refractivity contribution in [2.75, 3.05) is 0 Å². The van der Waals surface area contributed by atoms with Crippen LogP contribution in [0.15, 0.2) is 54.4 Å². The second kappa shape index (κ2) is 4.41. The van der Waals surface area contributed by atoms with Crippen molar-refractivity contribution in [1.82, 2.24) is 0 Å². The Morgan fingerprint density at radius 1 is 1.20 bits per heavy atom. The van der Waals surface area contributed by atoms with E-state index < -0.39 is 6.17 Å². The van der Waals surface area contributed by atoms with Gasteiger partial charge in [-0.2, -0.15) is 0 Å². The molecule has 0 fully saturated rings. The molecule has 1 heterocycles. The van der Waals surface area contributed by atoms with Crippen LogP contribution in [-0.4, -0.2) is 0 Å². The lowest BCUT2D eigenvalue weighted by molar-refractivity contribution is 0.415. The predicted molar refractivity (Wildman–Crippen MR) is 63.8 cm³/mol. The first kappa shape index (κ1) is 10.1. The van der Waals surface area contributed by atoms with E-state index in [2.05, 4.69) is 12.6 Å². The van der Waals surface area contributed by atoms with Crippen molar-refractivity contribution in [3.05, 3.63) is 60.0 Å². The molecule has 1 aromatic carbocycles. The van der Waals surface area contributed by atoms with Gasteiger partial charge in [0.15, 0.2) is 0 Å². The zero-order valence-electron chi connectivity index (χ0n) is 8.19. The number of alkyl halides is 1. The van der Waals surface area contributed by atoms with E-state index in [9.17, 15) is 4.39 Å². The van der Waals surface area contributed by atoms with Gasteiger partial charge >= 0.3 is 0 Å². The fourth-order valence-electron chi connectivity index (χ4n) is 1.41. The Morgan fingerprint density at radius 2 is 1.93 bits per heavy atom. The Labute approximate surface area is 92.7 Å². The Balaban J connectivity index is 2.28. The summed E-state index contributed by atoms with van der Waals surface area (Å²) in [5, 5.41) is 2.03. The first-order chi connectivity index (χ1) is 7.31. The number of halogens is 1. The monoisotopic (exact) mass is 218 g/mol. The van der Waals surface area contributed by atoms with E-state index in [0.717, 1.165) is 5.56 Å². The molecule has 0 nitrogen and oxygen atoms in total. The molecular formula is C13H11FS. The lowest BCUT2D eigenvalue weighted by Gasteiger charge is -2.03. The highest BCUT2D eigenvalue weighted by molar-refractivity contribution is 7.13. The van der Waals surface area contributed by atoms with Crippen molar-refractivity contribution in [1.29, 1.82) is 0 Å². The van der Waals surface area contributed by atoms with Gasteiger partial charge in [0.05, 0.1) is 0 Å². The van der Waals surface area contributed by atoms with E-state index >= 15 is 0 Å². The SMILES string of the molecule is C=CC(F)c1ccc(-c2cccs2)cc1. The lowest BCUT2D eigenvalue weighted by Crippen LogP contribution is -1.85. The zero-order valence-corrected chi connectivity index (χ0v) is 9.01. The van der Waals surface area contributed by atoms with Gasteiger partial charge in [0, 0.05) is 4.88 Å². The Hall–Kier alpha value is -1.41. The molecule has 0 bridgehead atoms. The first-order valence-corrected chi connectivity index (χ1v) is 5.59. The highest BCUT2D eigenvalue weighted by atomic mass is 32.1. The maximum atomic E-state index is 13.2. The maximum absolute atomic E-state index is 13.2. The number of rotatable bonds is 3. The van der Waals surface area contributed by atoms with Gasteiger partial charge in [0.1, 0.15) is 6.17 Å². The number of thiophene rings is 1. The van der Waals surface area contributed by atoms with Crippen LogP contribution in [-0.2, 0) is 0 Å². The average molecular weight is 218 g/mol.